The van der Waals surface area contributed by atoms with E-state index in [1.54, 1.807) is 18.7 Å². The second-order valence-corrected chi connectivity index (χ2v) is 6.88. The average molecular weight is 300 g/mol. The number of aryl methyl sites for hydroxylation is 1. The Bertz CT molecular complexity index is 594. The lowest BCUT2D eigenvalue weighted by molar-refractivity contribution is 0.177. The Kier molecular flexibility index (Phi) is 4.56. The number of sulfonamides is 1. The molecule has 0 spiro atoms. The van der Waals surface area contributed by atoms with Crippen LogP contribution in [0.1, 0.15) is 25.0 Å². The predicted octanol–water partition coefficient (Wildman–Crippen LogP) is 0.235. The molecule has 1 aromatic heterocycles. The lowest BCUT2D eigenvalue weighted by Crippen LogP contribution is -2.42. The van der Waals surface area contributed by atoms with Crippen molar-refractivity contribution in [3.05, 3.63) is 23.8 Å². The first-order chi connectivity index (χ1) is 9.39. The van der Waals surface area contributed by atoms with Gasteiger partial charge in [-0.2, -0.15) is 5.10 Å². The van der Waals surface area contributed by atoms with Crippen LogP contribution in [0.25, 0.3) is 0 Å². The summed E-state index contributed by atoms with van der Waals surface area (Å²) in [6, 6.07) is -0.149. The van der Waals surface area contributed by atoms with E-state index in [1.807, 2.05) is 0 Å². The Hall–Kier alpha value is -1.25. The van der Waals surface area contributed by atoms with Crippen molar-refractivity contribution < 1.29 is 13.2 Å². The van der Waals surface area contributed by atoms with Crippen LogP contribution in [0.15, 0.2) is 12.2 Å². The van der Waals surface area contributed by atoms with Crippen LogP contribution >= 0.6 is 0 Å². The van der Waals surface area contributed by atoms with Gasteiger partial charge < -0.3 is 4.74 Å². The van der Waals surface area contributed by atoms with Crippen molar-refractivity contribution in [1.29, 1.82) is 0 Å². The van der Waals surface area contributed by atoms with Crippen LogP contribution in [0.5, 0.6) is 0 Å². The second-order valence-electron chi connectivity index (χ2n) is 5.13. The summed E-state index contributed by atoms with van der Waals surface area (Å²) in [7, 11) is -1.73. The number of nitrogens with one attached hydrogen (secondary N) is 1. The molecule has 20 heavy (non-hydrogen) atoms. The monoisotopic (exact) mass is 300 g/mol. The number of hydrogen-bond donors (Lipinski definition) is 1. The Labute approximate surface area is 119 Å². The van der Waals surface area contributed by atoms with Gasteiger partial charge in [-0.1, -0.05) is 12.2 Å². The summed E-state index contributed by atoms with van der Waals surface area (Å²) < 4.78 is 33.2. The van der Waals surface area contributed by atoms with Crippen molar-refractivity contribution in [2.75, 3.05) is 12.9 Å². The molecule has 7 nitrogen and oxygen atoms in total. The number of methoxy groups -OCH3 is 1. The zero-order valence-corrected chi connectivity index (χ0v) is 12.6. The van der Waals surface area contributed by atoms with Crippen LogP contribution in [0.4, 0.5) is 0 Å². The quantitative estimate of drug-likeness (QED) is 0.760. The maximum atomic E-state index is 11.9. The number of rotatable bonds is 6. The van der Waals surface area contributed by atoms with Crippen molar-refractivity contribution >= 4 is 10.0 Å². The number of hydrogen-bond acceptors (Lipinski definition) is 5. The summed E-state index contributed by atoms with van der Waals surface area (Å²) in [5, 5.41) is 4.31. The molecular weight excluding hydrogens is 280 g/mol. The van der Waals surface area contributed by atoms with Gasteiger partial charge in [-0.15, -0.1) is 0 Å². The third-order valence-corrected chi connectivity index (χ3v) is 4.52. The van der Waals surface area contributed by atoms with Crippen molar-refractivity contribution in [3.63, 3.8) is 0 Å². The molecule has 112 valence electrons. The Balaban J connectivity index is 2.02. The highest BCUT2D eigenvalue weighted by Crippen LogP contribution is 2.14. The summed E-state index contributed by atoms with van der Waals surface area (Å²) >= 11 is 0. The molecule has 0 unspecified atom stereocenters. The lowest BCUT2D eigenvalue weighted by Gasteiger charge is -2.23. The zero-order chi connectivity index (χ0) is 14.8. The van der Waals surface area contributed by atoms with Gasteiger partial charge in [0, 0.05) is 19.6 Å². The van der Waals surface area contributed by atoms with Crippen LogP contribution in [-0.2, 0) is 34.3 Å². The van der Waals surface area contributed by atoms with E-state index < -0.39 is 10.0 Å². The standard InChI is InChI=1S/C12H20N4O3S/c1-9(2)8-20(17,18)15-10-4-5-12-13-11(7-19-3)14-16(12)6-10/h10,15H,1,4-8H2,2-3H3/t10-/m0/s1. The second kappa shape index (κ2) is 6.02. The molecule has 1 N–H and O–H groups in total. The van der Waals surface area contributed by atoms with Crippen molar-refractivity contribution in [1.82, 2.24) is 19.5 Å². The highest BCUT2D eigenvalue weighted by molar-refractivity contribution is 7.89. The Morgan fingerprint density at radius 3 is 3.00 bits per heavy atom. The fraction of sp³-hybridized carbons (Fsp3) is 0.667. The molecule has 0 fully saturated rings. The van der Waals surface area contributed by atoms with E-state index in [4.69, 9.17) is 4.74 Å². The highest BCUT2D eigenvalue weighted by atomic mass is 32.2. The van der Waals surface area contributed by atoms with E-state index in [1.165, 1.54) is 0 Å². The van der Waals surface area contributed by atoms with Crippen molar-refractivity contribution in [3.8, 4) is 0 Å². The zero-order valence-electron chi connectivity index (χ0n) is 11.8. The van der Waals surface area contributed by atoms with Gasteiger partial charge in [-0.05, 0) is 13.3 Å². The van der Waals surface area contributed by atoms with Crippen LogP contribution in [0.2, 0.25) is 0 Å². The summed E-state index contributed by atoms with van der Waals surface area (Å²) in [6.45, 7) is 6.20. The maximum Gasteiger partial charge on any atom is 0.215 e. The normalized spacial score (nSPS) is 18.8. The van der Waals surface area contributed by atoms with Crippen LogP contribution in [-0.4, -0.2) is 42.1 Å². The van der Waals surface area contributed by atoms with Gasteiger partial charge in [0.2, 0.25) is 10.0 Å². The molecule has 2 heterocycles. The molecular formula is C12H20N4O3S. The van der Waals surface area contributed by atoms with Crippen LogP contribution in [0.3, 0.4) is 0 Å². The Morgan fingerprint density at radius 1 is 1.60 bits per heavy atom. The smallest absolute Gasteiger partial charge is 0.215 e. The number of fused-ring (bicyclic) bond motifs is 1. The van der Waals surface area contributed by atoms with Crippen molar-refractivity contribution in [2.45, 2.75) is 39.0 Å². The fourth-order valence-corrected chi connectivity index (χ4v) is 3.70. The minimum absolute atomic E-state index is 0.0390. The highest BCUT2D eigenvalue weighted by Gasteiger charge is 2.25. The lowest BCUT2D eigenvalue weighted by atomic mass is 10.1. The number of nitrogens with zero attached hydrogens (tertiary/aromatic N) is 3. The molecule has 0 radical (unpaired) electrons. The van der Waals surface area contributed by atoms with E-state index in [9.17, 15) is 8.42 Å². The minimum atomic E-state index is -3.32. The van der Waals surface area contributed by atoms with Crippen LogP contribution in [0, 0.1) is 0 Å². The molecule has 0 saturated heterocycles. The number of aromatic nitrogens is 3. The van der Waals surface area contributed by atoms with E-state index in [-0.39, 0.29) is 11.8 Å². The van der Waals surface area contributed by atoms with E-state index in [2.05, 4.69) is 21.4 Å². The SMILES string of the molecule is C=C(C)CS(=O)(=O)N[C@H]1CCc2nc(COC)nn2C1. The van der Waals surface area contributed by atoms with E-state index in [0.717, 1.165) is 12.2 Å². The summed E-state index contributed by atoms with van der Waals surface area (Å²) in [5.74, 6) is 1.48. The van der Waals surface area contributed by atoms with Gasteiger partial charge in [-0.3, -0.25) is 0 Å². The Morgan fingerprint density at radius 2 is 2.35 bits per heavy atom. The minimum Gasteiger partial charge on any atom is -0.377 e. The molecule has 0 aliphatic carbocycles. The van der Waals surface area contributed by atoms with E-state index in [0.29, 0.717) is 31.0 Å². The van der Waals surface area contributed by atoms with E-state index >= 15 is 0 Å². The van der Waals surface area contributed by atoms with Gasteiger partial charge in [0.15, 0.2) is 5.82 Å². The molecule has 0 aromatic carbocycles. The third-order valence-electron chi connectivity index (χ3n) is 2.96. The van der Waals surface area contributed by atoms with Crippen LogP contribution < -0.4 is 4.72 Å². The predicted molar refractivity (Wildman–Crippen MR) is 74.6 cm³/mol. The first kappa shape index (κ1) is 15.1. The molecule has 0 bridgehead atoms. The number of ether oxygens (including phenoxy) is 1. The largest absolute Gasteiger partial charge is 0.377 e. The molecule has 2 rings (SSSR count). The van der Waals surface area contributed by atoms with Gasteiger partial charge >= 0.3 is 0 Å². The topological polar surface area (TPSA) is 86.1 Å². The third kappa shape index (κ3) is 3.87. The summed E-state index contributed by atoms with van der Waals surface area (Å²) in [4.78, 5) is 4.36. The molecule has 0 saturated carbocycles. The fourth-order valence-electron chi connectivity index (χ4n) is 2.27. The molecule has 1 aromatic rings. The molecule has 8 heteroatoms. The molecule has 1 aliphatic rings. The van der Waals surface area contributed by atoms with Gasteiger partial charge in [0.1, 0.15) is 12.4 Å². The molecule has 1 aliphatic heterocycles. The maximum absolute atomic E-state index is 11.9. The summed E-state index contributed by atoms with van der Waals surface area (Å²) in [5.41, 5.74) is 0.622. The first-order valence-electron chi connectivity index (χ1n) is 6.45. The molecule has 0 amide bonds. The first-order valence-corrected chi connectivity index (χ1v) is 8.11. The van der Waals surface area contributed by atoms with Gasteiger partial charge in [0.05, 0.1) is 12.3 Å². The average Bonchev–Trinajstić information content (AvgIpc) is 2.68. The van der Waals surface area contributed by atoms with Crippen molar-refractivity contribution in [2.24, 2.45) is 0 Å². The van der Waals surface area contributed by atoms with Gasteiger partial charge in [0.25, 0.3) is 0 Å². The van der Waals surface area contributed by atoms with Gasteiger partial charge in [-0.25, -0.2) is 22.8 Å². The molecule has 1 atom stereocenters. The summed E-state index contributed by atoms with van der Waals surface area (Å²) in [6.07, 6.45) is 1.43.